The van der Waals surface area contributed by atoms with Crippen LogP contribution in [0.5, 0.6) is 0 Å². The normalized spacial score (nSPS) is 11.2. The summed E-state index contributed by atoms with van der Waals surface area (Å²) in [4.78, 5) is 7.87. The summed E-state index contributed by atoms with van der Waals surface area (Å²) in [6, 6.07) is 1.65. The first-order chi connectivity index (χ1) is 8.46. The summed E-state index contributed by atoms with van der Waals surface area (Å²) in [7, 11) is -1.52. The highest BCUT2D eigenvalue weighted by atomic mass is 32.2. The molecule has 0 atom stereocenters. The maximum absolute atomic E-state index is 11.4. The Bertz CT molecular complexity index is 490. The molecular weight excluding hydrogens is 256 g/mol. The lowest BCUT2D eigenvalue weighted by Crippen LogP contribution is -2.29. The molecule has 0 aliphatic rings. The fraction of sp³-hybridized carbons (Fsp3) is 0.556. The first kappa shape index (κ1) is 14.5. The molecule has 1 aromatic rings. The van der Waals surface area contributed by atoms with Gasteiger partial charge >= 0.3 is 0 Å². The molecule has 9 heteroatoms. The molecule has 0 radical (unpaired) electrons. The minimum Gasteiger partial charge on any atom is -0.373 e. The monoisotopic (exact) mass is 274 g/mol. The topological polar surface area (TPSA) is 122 Å². The van der Waals surface area contributed by atoms with Gasteiger partial charge < -0.3 is 16.4 Å². The summed E-state index contributed by atoms with van der Waals surface area (Å²) in [6.07, 6.45) is 0. The van der Waals surface area contributed by atoms with Gasteiger partial charge in [0.15, 0.2) is 0 Å². The maximum atomic E-state index is 11.4. The molecule has 1 rings (SSSR count). The van der Waals surface area contributed by atoms with E-state index in [1.807, 2.05) is 0 Å². The van der Waals surface area contributed by atoms with Crippen LogP contribution in [0.3, 0.4) is 0 Å². The summed E-state index contributed by atoms with van der Waals surface area (Å²) < 4.78 is 25.2. The predicted molar refractivity (Wildman–Crippen MR) is 71.9 cm³/mol. The molecule has 0 unspecified atom stereocenters. The molecule has 0 bridgehead atoms. The average molecular weight is 274 g/mol. The second-order valence-corrected chi connectivity index (χ2v) is 5.42. The van der Waals surface area contributed by atoms with Crippen LogP contribution < -0.4 is 21.1 Å². The van der Waals surface area contributed by atoms with Crippen molar-refractivity contribution in [2.75, 3.05) is 42.3 Å². The van der Waals surface area contributed by atoms with Crippen LogP contribution in [0.2, 0.25) is 0 Å². The third-order valence-corrected chi connectivity index (χ3v) is 3.51. The van der Waals surface area contributed by atoms with Crippen molar-refractivity contribution in [1.82, 2.24) is 14.7 Å². The maximum Gasteiger partial charge on any atom is 0.223 e. The standard InChI is InChI=1S/C9H18N6O2S/c1-3-13-18(16,17)5-4-12-8-6-7(11-2)14-9(10)15-8/h6,13H,3-5H2,1-2H3,(H4,10,11,12,14,15). The number of sulfonamides is 1. The highest BCUT2D eigenvalue weighted by Gasteiger charge is 2.08. The zero-order valence-electron chi connectivity index (χ0n) is 10.4. The Balaban J connectivity index is 2.56. The molecule has 0 fully saturated rings. The molecule has 18 heavy (non-hydrogen) atoms. The van der Waals surface area contributed by atoms with E-state index in [0.29, 0.717) is 18.2 Å². The lowest BCUT2D eigenvalue weighted by atomic mass is 10.5. The van der Waals surface area contributed by atoms with Gasteiger partial charge in [-0.15, -0.1) is 0 Å². The van der Waals surface area contributed by atoms with Crippen LogP contribution in [-0.2, 0) is 10.0 Å². The van der Waals surface area contributed by atoms with E-state index in [1.54, 1.807) is 20.0 Å². The first-order valence-corrected chi connectivity index (χ1v) is 7.15. The van der Waals surface area contributed by atoms with Crippen molar-refractivity contribution in [3.05, 3.63) is 6.07 Å². The van der Waals surface area contributed by atoms with Crippen LogP contribution in [0.1, 0.15) is 6.92 Å². The van der Waals surface area contributed by atoms with Crippen LogP contribution in [0.25, 0.3) is 0 Å². The molecule has 0 amide bonds. The number of rotatable bonds is 7. The first-order valence-electron chi connectivity index (χ1n) is 5.50. The minimum atomic E-state index is -3.23. The Kier molecular flexibility index (Phi) is 5.10. The Morgan fingerprint density at radius 1 is 1.33 bits per heavy atom. The van der Waals surface area contributed by atoms with Crippen LogP contribution in [0.15, 0.2) is 6.07 Å². The van der Waals surface area contributed by atoms with E-state index < -0.39 is 10.0 Å². The van der Waals surface area contributed by atoms with Gasteiger partial charge in [-0.25, -0.2) is 13.1 Å². The smallest absolute Gasteiger partial charge is 0.223 e. The largest absolute Gasteiger partial charge is 0.373 e. The van der Waals surface area contributed by atoms with Gasteiger partial charge in [-0.05, 0) is 0 Å². The number of hydrogen-bond donors (Lipinski definition) is 4. The van der Waals surface area contributed by atoms with Crippen LogP contribution >= 0.6 is 0 Å². The van der Waals surface area contributed by atoms with Gasteiger partial charge in [0.05, 0.1) is 5.75 Å². The molecule has 8 nitrogen and oxygen atoms in total. The van der Waals surface area contributed by atoms with Gasteiger partial charge in [0.2, 0.25) is 16.0 Å². The molecule has 0 saturated heterocycles. The second kappa shape index (κ2) is 6.36. The van der Waals surface area contributed by atoms with Crippen LogP contribution in [0, 0.1) is 0 Å². The fourth-order valence-corrected chi connectivity index (χ4v) is 2.25. The molecule has 0 aliphatic heterocycles. The summed E-state index contributed by atoms with van der Waals surface area (Å²) in [5.74, 6) is 1.15. The number of anilines is 3. The Morgan fingerprint density at radius 3 is 2.61 bits per heavy atom. The van der Waals surface area contributed by atoms with E-state index in [0.717, 1.165) is 0 Å². The Labute approximate surface area is 106 Å². The van der Waals surface area contributed by atoms with Crippen molar-refractivity contribution in [2.45, 2.75) is 6.92 Å². The second-order valence-electron chi connectivity index (χ2n) is 3.49. The number of nitrogens with zero attached hydrogens (tertiary/aromatic N) is 2. The van der Waals surface area contributed by atoms with Gasteiger partial charge in [0.25, 0.3) is 0 Å². The Morgan fingerprint density at radius 2 is 2.00 bits per heavy atom. The summed E-state index contributed by atoms with van der Waals surface area (Å²) >= 11 is 0. The van der Waals surface area contributed by atoms with Gasteiger partial charge in [-0.3, -0.25) is 0 Å². The van der Waals surface area contributed by atoms with E-state index >= 15 is 0 Å². The van der Waals surface area contributed by atoms with Crippen LogP contribution in [-0.4, -0.2) is 44.3 Å². The average Bonchev–Trinajstić information content (AvgIpc) is 2.27. The van der Waals surface area contributed by atoms with E-state index in [-0.39, 0.29) is 18.2 Å². The highest BCUT2D eigenvalue weighted by molar-refractivity contribution is 7.89. The summed E-state index contributed by atoms with van der Waals surface area (Å²) in [5.41, 5.74) is 5.51. The molecular formula is C9H18N6O2S. The number of nitrogen functional groups attached to an aromatic ring is 1. The molecule has 0 aliphatic carbocycles. The SMILES string of the molecule is CCNS(=O)(=O)CCNc1cc(NC)nc(N)n1. The third-order valence-electron chi connectivity index (χ3n) is 2.04. The minimum absolute atomic E-state index is 0.0281. The molecule has 1 heterocycles. The van der Waals surface area contributed by atoms with E-state index in [2.05, 4.69) is 25.3 Å². The van der Waals surface area contributed by atoms with Crippen molar-refractivity contribution < 1.29 is 8.42 Å². The third kappa shape index (κ3) is 4.72. The van der Waals surface area contributed by atoms with E-state index in [4.69, 9.17) is 5.73 Å². The number of aromatic nitrogens is 2. The van der Waals surface area contributed by atoms with Crippen LogP contribution in [0.4, 0.5) is 17.6 Å². The number of hydrogen-bond acceptors (Lipinski definition) is 7. The van der Waals surface area contributed by atoms with Crippen molar-refractivity contribution in [2.24, 2.45) is 0 Å². The summed E-state index contributed by atoms with van der Waals surface area (Å²) in [5, 5.41) is 5.72. The molecule has 1 aromatic heterocycles. The molecule has 5 N–H and O–H groups in total. The lowest BCUT2D eigenvalue weighted by Gasteiger charge is -2.08. The van der Waals surface area contributed by atoms with Crippen molar-refractivity contribution >= 4 is 27.6 Å². The van der Waals surface area contributed by atoms with Gasteiger partial charge in [0.1, 0.15) is 11.6 Å². The lowest BCUT2D eigenvalue weighted by molar-refractivity contribution is 0.584. The van der Waals surface area contributed by atoms with Gasteiger partial charge in [0, 0.05) is 26.2 Å². The zero-order chi connectivity index (χ0) is 13.6. The quantitative estimate of drug-likeness (QED) is 0.526. The fourth-order valence-electron chi connectivity index (χ4n) is 1.29. The number of nitrogens with two attached hydrogens (primary N) is 1. The van der Waals surface area contributed by atoms with Gasteiger partial charge in [-0.2, -0.15) is 9.97 Å². The highest BCUT2D eigenvalue weighted by Crippen LogP contribution is 2.11. The van der Waals surface area contributed by atoms with Crippen molar-refractivity contribution in [3.8, 4) is 0 Å². The van der Waals surface area contributed by atoms with Gasteiger partial charge in [-0.1, -0.05) is 6.92 Å². The van der Waals surface area contributed by atoms with E-state index in [9.17, 15) is 8.42 Å². The van der Waals surface area contributed by atoms with Crippen molar-refractivity contribution in [1.29, 1.82) is 0 Å². The Hall–Kier alpha value is -1.61. The molecule has 0 saturated carbocycles. The van der Waals surface area contributed by atoms with Crippen molar-refractivity contribution in [3.63, 3.8) is 0 Å². The molecule has 0 spiro atoms. The molecule has 0 aromatic carbocycles. The predicted octanol–water partition coefficient (Wildman–Crippen LogP) is -0.548. The van der Waals surface area contributed by atoms with E-state index in [1.165, 1.54) is 0 Å². The zero-order valence-corrected chi connectivity index (χ0v) is 11.2. The summed E-state index contributed by atoms with van der Waals surface area (Å²) in [6.45, 7) is 2.36. The number of nitrogens with one attached hydrogen (secondary N) is 3. The molecule has 102 valence electrons.